The second-order valence-electron chi connectivity index (χ2n) is 9.20. The van der Waals surface area contributed by atoms with Crippen LogP contribution in [0.4, 0.5) is 5.69 Å². The fourth-order valence-corrected chi connectivity index (χ4v) is 6.10. The number of fused-ring (bicyclic) bond motifs is 1. The summed E-state index contributed by atoms with van der Waals surface area (Å²) in [5.74, 6) is 3.86. The van der Waals surface area contributed by atoms with Gasteiger partial charge in [0, 0.05) is 11.1 Å². The Morgan fingerprint density at radius 2 is 1.61 bits per heavy atom. The van der Waals surface area contributed by atoms with Gasteiger partial charge in [0.25, 0.3) is 0 Å². The first-order valence-electron chi connectivity index (χ1n) is 9.33. The third-order valence-corrected chi connectivity index (χ3v) is 7.15. The van der Waals surface area contributed by atoms with Crippen LogP contribution in [-0.2, 0) is 5.41 Å². The minimum absolute atomic E-state index is 0.0379. The van der Waals surface area contributed by atoms with E-state index in [4.69, 9.17) is 9.73 Å². The summed E-state index contributed by atoms with van der Waals surface area (Å²) in [4.78, 5) is 4.73. The van der Waals surface area contributed by atoms with Crippen molar-refractivity contribution in [3.63, 3.8) is 0 Å². The van der Waals surface area contributed by atoms with Crippen LogP contribution < -0.4 is 4.74 Å². The predicted molar refractivity (Wildman–Crippen MR) is 93.8 cm³/mol. The highest BCUT2D eigenvalue weighted by atomic mass is 16.5. The van der Waals surface area contributed by atoms with Crippen molar-refractivity contribution in [2.24, 2.45) is 22.7 Å². The van der Waals surface area contributed by atoms with E-state index >= 15 is 0 Å². The molecule has 5 aliphatic rings. The van der Waals surface area contributed by atoms with Gasteiger partial charge in [0.05, 0.1) is 5.69 Å². The molecule has 0 unspecified atom stereocenters. The highest BCUT2D eigenvalue weighted by Gasteiger charge is 2.52. The molecule has 0 spiro atoms. The molecule has 4 saturated carbocycles. The van der Waals surface area contributed by atoms with E-state index in [9.17, 15) is 0 Å². The van der Waals surface area contributed by atoms with Crippen molar-refractivity contribution in [3.8, 4) is 5.75 Å². The molecule has 23 heavy (non-hydrogen) atoms. The van der Waals surface area contributed by atoms with Gasteiger partial charge < -0.3 is 4.74 Å². The summed E-state index contributed by atoms with van der Waals surface area (Å²) in [5.41, 5.74) is 3.85. The molecule has 0 radical (unpaired) electrons. The standard InChI is InChI=1S/C21H27NO/c1-13-20(2,3)18-9-17(4-5-19(18)22-13)23-21-10-14-6-15(11-21)8-16(7-14)12-21/h4-5,9,14-16H,6-8,10-12H2,1-3H3. The Balaban J connectivity index is 1.46. The molecule has 2 nitrogen and oxygen atoms in total. The first-order valence-corrected chi connectivity index (χ1v) is 9.33. The first-order chi connectivity index (χ1) is 10.9. The van der Waals surface area contributed by atoms with Gasteiger partial charge in [-0.15, -0.1) is 0 Å². The molecule has 6 rings (SSSR count). The molecule has 122 valence electrons. The van der Waals surface area contributed by atoms with Gasteiger partial charge in [0.15, 0.2) is 0 Å². The lowest BCUT2D eigenvalue weighted by molar-refractivity contribution is -0.107. The van der Waals surface area contributed by atoms with E-state index in [2.05, 4.69) is 39.0 Å². The van der Waals surface area contributed by atoms with Gasteiger partial charge in [-0.2, -0.15) is 0 Å². The molecule has 1 aromatic carbocycles. The van der Waals surface area contributed by atoms with Gasteiger partial charge in [-0.05, 0) is 87.0 Å². The molecule has 0 atom stereocenters. The predicted octanol–water partition coefficient (Wildman–Crippen LogP) is 5.42. The summed E-state index contributed by atoms with van der Waals surface area (Å²) in [6.45, 7) is 6.68. The first kappa shape index (κ1) is 14.1. The van der Waals surface area contributed by atoms with Crippen molar-refractivity contribution < 1.29 is 4.74 Å². The highest BCUT2D eigenvalue weighted by Crippen LogP contribution is 2.57. The molecule has 0 amide bonds. The maximum Gasteiger partial charge on any atom is 0.120 e. The number of benzene rings is 1. The third-order valence-electron chi connectivity index (χ3n) is 7.15. The highest BCUT2D eigenvalue weighted by molar-refractivity contribution is 5.99. The van der Waals surface area contributed by atoms with E-state index in [1.807, 2.05) is 0 Å². The quantitative estimate of drug-likeness (QED) is 0.715. The molecule has 0 saturated heterocycles. The van der Waals surface area contributed by atoms with Crippen LogP contribution in [0.2, 0.25) is 0 Å². The van der Waals surface area contributed by atoms with Crippen LogP contribution in [-0.4, -0.2) is 11.3 Å². The summed E-state index contributed by atoms with van der Waals surface area (Å²) in [7, 11) is 0. The lowest BCUT2D eigenvalue weighted by Gasteiger charge is -2.56. The fourth-order valence-electron chi connectivity index (χ4n) is 6.10. The molecule has 1 aliphatic heterocycles. The number of hydrogen-bond donors (Lipinski definition) is 0. The molecule has 2 heteroatoms. The molecular weight excluding hydrogens is 282 g/mol. The second-order valence-corrected chi connectivity index (χ2v) is 9.20. The number of rotatable bonds is 2. The topological polar surface area (TPSA) is 21.6 Å². The van der Waals surface area contributed by atoms with Crippen molar-refractivity contribution in [1.82, 2.24) is 0 Å². The average molecular weight is 309 g/mol. The van der Waals surface area contributed by atoms with E-state index in [-0.39, 0.29) is 11.0 Å². The molecule has 4 aliphatic carbocycles. The Hall–Kier alpha value is -1.31. The van der Waals surface area contributed by atoms with Crippen molar-refractivity contribution in [3.05, 3.63) is 23.8 Å². The smallest absolute Gasteiger partial charge is 0.120 e. The number of aliphatic imine (C=N–C) groups is 1. The monoisotopic (exact) mass is 309 g/mol. The van der Waals surface area contributed by atoms with Gasteiger partial charge in [0.2, 0.25) is 0 Å². The largest absolute Gasteiger partial charge is 0.487 e. The van der Waals surface area contributed by atoms with Crippen LogP contribution in [0.5, 0.6) is 5.75 Å². The van der Waals surface area contributed by atoms with Crippen molar-refractivity contribution in [2.45, 2.75) is 70.3 Å². The molecular formula is C21H27NO. The van der Waals surface area contributed by atoms with E-state index in [0.29, 0.717) is 0 Å². The molecule has 0 aromatic heterocycles. The normalized spacial score (nSPS) is 39.3. The summed E-state index contributed by atoms with van der Waals surface area (Å²) >= 11 is 0. The molecule has 4 fully saturated rings. The summed E-state index contributed by atoms with van der Waals surface area (Å²) in [6.07, 6.45) is 8.26. The zero-order chi connectivity index (χ0) is 15.8. The maximum atomic E-state index is 6.72. The Labute approximate surface area is 139 Å². The zero-order valence-electron chi connectivity index (χ0n) is 14.6. The Morgan fingerprint density at radius 3 is 2.22 bits per heavy atom. The van der Waals surface area contributed by atoms with E-state index in [0.717, 1.165) is 29.2 Å². The summed E-state index contributed by atoms with van der Waals surface area (Å²) < 4.78 is 6.72. The maximum absolute atomic E-state index is 6.72. The minimum atomic E-state index is 0.0379. The van der Waals surface area contributed by atoms with Gasteiger partial charge in [-0.1, -0.05) is 13.8 Å². The number of ether oxygens (including phenoxy) is 1. The molecule has 1 heterocycles. The summed E-state index contributed by atoms with van der Waals surface area (Å²) in [6, 6.07) is 6.58. The average Bonchev–Trinajstić information content (AvgIpc) is 2.68. The zero-order valence-corrected chi connectivity index (χ0v) is 14.6. The van der Waals surface area contributed by atoms with Crippen LogP contribution in [0.3, 0.4) is 0 Å². The van der Waals surface area contributed by atoms with Gasteiger partial charge >= 0.3 is 0 Å². The van der Waals surface area contributed by atoms with E-state index in [1.165, 1.54) is 49.8 Å². The lowest BCUT2D eigenvalue weighted by Crippen LogP contribution is -2.53. The number of nitrogens with zero attached hydrogens (tertiary/aromatic N) is 1. The Kier molecular flexibility index (Phi) is 2.69. The molecule has 0 N–H and O–H groups in total. The van der Waals surface area contributed by atoms with Crippen LogP contribution in [0.25, 0.3) is 0 Å². The van der Waals surface area contributed by atoms with Gasteiger partial charge in [0.1, 0.15) is 11.4 Å². The number of hydrogen-bond acceptors (Lipinski definition) is 2. The molecule has 4 bridgehead atoms. The SMILES string of the molecule is CC1=Nc2ccc(OC34CC5CC(CC(C5)C3)C4)cc2C1(C)C. The second kappa shape index (κ2) is 4.40. The summed E-state index contributed by atoms with van der Waals surface area (Å²) in [5, 5.41) is 0. The van der Waals surface area contributed by atoms with Crippen molar-refractivity contribution in [1.29, 1.82) is 0 Å². The van der Waals surface area contributed by atoms with Crippen LogP contribution in [0.1, 0.15) is 64.9 Å². The van der Waals surface area contributed by atoms with Gasteiger partial charge in [-0.3, -0.25) is 4.99 Å². The van der Waals surface area contributed by atoms with Crippen LogP contribution >= 0.6 is 0 Å². The minimum Gasteiger partial charge on any atom is -0.487 e. The Morgan fingerprint density at radius 1 is 1.00 bits per heavy atom. The van der Waals surface area contributed by atoms with E-state index < -0.39 is 0 Å². The van der Waals surface area contributed by atoms with Crippen molar-refractivity contribution in [2.75, 3.05) is 0 Å². The Bertz CT molecular complexity index is 665. The lowest BCUT2D eigenvalue weighted by atomic mass is 9.54. The van der Waals surface area contributed by atoms with E-state index in [1.54, 1.807) is 0 Å². The van der Waals surface area contributed by atoms with Gasteiger partial charge in [-0.25, -0.2) is 0 Å². The van der Waals surface area contributed by atoms with Crippen LogP contribution in [0.15, 0.2) is 23.2 Å². The third kappa shape index (κ3) is 2.03. The van der Waals surface area contributed by atoms with Crippen LogP contribution in [0, 0.1) is 17.8 Å². The van der Waals surface area contributed by atoms with Crippen molar-refractivity contribution >= 4 is 11.4 Å². The molecule has 1 aromatic rings. The fraction of sp³-hybridized carbons (Fsp3) is 0.667.